The predicted octanol–water partition coefficient (Wildman–Crippen LogP) is 4.62. The first-order chi connectivity index (χ1) is 7.71. The molecule has 102 valence electrons. The highest BCUT2D eigenvalue weighted by Gasteiger charge is 2.32. The average Bonchev–Trinajstić information content (AvgIpc) is 2.15. The average molecular weight is 239 g/mol. The van der Waals surface area contributed by atoms with E-state index in [4.69, 9.17) is 0 Å². The van der Waals surface area contributed by atoms with Gasteiger partial charge in [0.2, 0.25) is 0 Å². The minimum Gasteiger partial charge on any atom is -0.312 e. The van der Waals surface area contributed by atoms with Crippen molar-refractivity contribution in [2.45, 2.75) is 79.2 Å². The normalized spacial score (nSPS) is 27.2. The van der Waals surface area contributed by atoms with E-state index in [2.05, 4.69) is 46.9 Å². The molecule has 1 aliphatic carbocycles. The van der Waals surface area contributed by atoms with Crippen molar-refractivity contribution in [1.82, 2.24) is 5.32 Å². The fourth-order valence-corrected chi connectivity index (χ4v) is 3.11. The van der Waals surface area contributed by atoms with E-state index in [-0.39, 0.29) is 5.54 Å². The molecule has 1 N–H and O–H groups in total. The van der Waals surface area contributed by atoms with Crippen molar-refractivity contribution in [2.24, 2.45) is 17.3 Å². The SMILES string of the molecule is CC1CCCC(C(C)(C)CCNC(C)(C)C)C1. The minimum absolute atomic E-state index is 0.260. The fourth-order valence-electron chi connectivity index (χ4n) is 3.11. The van der Waals surface area contributed by atoms with Gasteiger partial charge in [-0.1, -0.05) is 33.6 Å². The highest BCUT2D eigenvalue weighted by molar-refractivity contribution is 4.84. The lowest BCUT2D eigenvalue weighted by molar-refractivity contribution is 0.118. The summed E-state index contributed by atoms with van der Waals surface area (Å²) in [6.07, 6.45) is 7.10. The number of hydrogen-bond acceptors (Lipinski definition) is 1. The lowest BCUT2D eigenvalue weighted by Gasteiger charge is -2.40. The molecule has 2 atom stereocenters. The summed E-state index contributed by atoms with van der Waals surface area (Å²) in [6.45, 7) is 15.3. The van der Waals surface area contributed by atoms with Crippen LogP contribution in [0, 0.1) is 17.3 Å². The fraction of sp³-hybridized carbons (Fsp3) is 1.00. The highest BCUT2D eigenvalue weighted by atomic mass is 14.9. The Balaban J connectivity index is 2.39. The van der Waals surface area contributed by atoms with E-state index >= 15 is 0 Å². The van der Waals surface area contributed by atoms with Gasteiger partial charge in [-0.25, -0.2) is 0 Å². The van der Waals surface area contributed by atoms with Crippen molar-refractivity contribution in [3.05, 3.63) is 0 Å². The molecule has 0 spiro atoms. The van der Waals surface area contributed by atoms with E-state index < -0.39 is 0 Å². The maximum atomic E-state index is 3.63. The molecule has 0 amide bonds. The van der Waals surface area contributed by atoms with Crippen molar-refractivity contribution in [2.75, 3.05) is 6.54 Å². The van der Waals surface area contributed by atoms with Gasteiger partial charge < -0.3 is 5.32 Å². The number of rotatable bonds is 4. The van der Waals surface area contributed by atoms with Gasteiger partial charge in [-0.2, -0.15) is 0 Å². The van der Waals surface area contributed by atoms with Gasteiger partial charge in [0.25, 0.3) is 0 Å². The molecule has 1 rings (SSSR count). The standard InChI is InChI=1S/C16H33N/c1-13-8-7-9-14(12-13)16(5,6)10-11-17-15(2,3)4/h13-14,17H,7-12H2,1-6H3. The maximum absolute atomic E-state index is 3.63. The van der Waals surface area contributed by atoms with Crippen LogP contribution >= 0.6 is 0 Å². The van der Waals surface area contributed by atoms with E-state index in [1.165, 1.54) is 32.1 Å². The first-order valence-electron chi connectivity index (χ1n) is 7.46. The Morgan fingerprint density at radius 3 is 2.24 bits per heavy atom. The van der Waals surface area contributed by atoms with Gasteiger partial charge in [0, 0.05) is 5.54 Å². The van der Waals surface area contributed by atoms with Crippen LogP contribution in [0.5, 0.6) is 0 Å². The summed E-state index contributed by atoms with van der Waals surface area (Å²) in [5, 5.41) is 3.63. The molecule has 0 aliphatic heterocycles. The lowest BCUT2D eigenvalue weighted by atomic mass is 9.67. The van der Waals surface area contributed by atoms with Crippen LogP contribution in [0.2, 0.25) is 0 Å². The molecule has 1 heteroatoms. The van der Waals surface area contributed by atoms with Gasteiger partial charge in [0.05, 0.1) is 0 Å². The molecule has 1 nitrogen and oxygen atoms in total. The molecule has 0 aromatic heterocycles. The Bertz CT molecular complexity index is 224. The molecule has 17 heavy (non-hydrogen) atoms. The van der Waals surface area contributed by atoms with E-state index in [9.17, 15) is 0 Å². The van der Waals surface area contributed by atoms with E-state index in [0.717, 1.165) is 18.4 Å². The van der Waals surface area contributed by atoms with Crippen LogP contribution in [0.15, 0.2) is 0 Å². The monoisotopic (exact) mass is 239 g/mol. The summed E-state index contributed by atoms with van der Waals surface area (Å²) in [6, 6.07) is 0. The van der Waals surface area contributed by atoms with Crippen LogP contribution in [0.4, 0.5) is 0 Å². The van der Waals surface area contributed by atoms with Crippen LogP contribution in [0.25, 0.3) is 0 Å². The zero-order valence-electron chi connectivity index (χ0n) is 12.9. The summed E-state index contributed by atoms with van der Waals surface area (Å²) in [5.74, 6) is 1.89. The molecule has 1 aliphatic rings. The number of hydrogen-bond donors (Lipinski definition) is 1. The third kappa shape index (κ3) is 5.42. The van der Waals surface area contributed by atoms with Gasteiger partial charge in [-0.3, -0.25) is 0 Å². The zero-order chi connectivity index (χ0) is 13.1. The Hall–Kier alpha value is -0.0400. The second kappa shape index (κ2) is 5.73. The highest BCUT2D eigenvalue weighted by Crippen LogP contribution is 2.42. The largest absolute Gasteiger partial charge is 0.312 e. The number of nitrogens with one attached hydrogen (secondary N) is 1. The van der Waals surface area contributed by atoms with Gasteiger partial charge >= 0.3 is 0 Å². The van der Waals surface area contributed by atoms with Crippen molar-refractivity contribution < 1.29 is 0 Å². The van der Waals surface area contributed by atoms with Crippen LogP contribution < -0.4 is 5.32 Å². The Labute approximate surface area is 109 Å². The van der Waals surface area contributed by atoms with E-state index in [1.54, 1.807) is 0 Å². The minimum atomic E-state index is 0.260. The van der Waals surface area contributed by atoms with E-state index in [0.29, 0.717) is 5.41 Å². The van der Waals surface area contributed by atoms with Crippen LogP contribution in [-0.2, 0) is 0 Å². The van der Waals surface area contributed by atoms with E-state index in [1.807, 2.05) is 0 Å². The summed E-state index contributed by atoms with van der Waals surface area (Å²) in [5.41, 5.74) is 0.767. The van der Waals surface area contributed by atoms with Gasteiger partial charge in [-0.15, -0.1) is 0 Å². The molecular formula is C16H33N. The predicted molar refractivity (Wildman–Crippen MR) is 77.3 cm³/mol. The summed E-state index contributed by atoms with van der Waals surface area (Å²) in [4.78, 5) is 0. The van der Waals surface area contributed by atoms with Crippen LogP contribution in [0.3, 0.4) is 0 Å². The molecule has 2 unspecified atom stereocenters. The molecular weight excluding hydrogens is 206 g/mol. The van der Waals surface area contributed by atoms with Gasteiger partial charge in [0.15, 0.2) is 0 Å². The first kappa shape index (κ1) is 15.0. The van der Waals surface area contributed by atoms with Crippen molar-refractivity contribution in [1.29, 1.82) is 0 Å². The molecule has 1 saturated carbocycles. The zero-order valence-corrected chi connectivity index (χ0v) is 12.9. The van der Waals surface area contributed by atoms with Crippen molar-refractivity contribution in [3.63, 3.8) is 0 Å². The molecule has 1 fully saturated rings. The van der Waals surface area contributed by atoms with Crippen molar-refractivity contribution in [3.8, 4) is 0 Å². The molecule has 0 aromatic rings. The summed E-state index contributed by atoms with van der Waals surface area (Å²) in [7, 11) is 0. The molecule has 0 bridgehead atoms. The molecule has 0 aromatic carbocycles. The lowest BCUT2D eigenvalue weighted by Crippen LogP contribution is -2.39. The molecule has 0 heterocycles. The molecule has 0 saturated heterocycles. The quantitative estimate of drug-likeness (QED) is 0.755. The summed E-state index contributed by atoms with van der Waals surface area (Å²) >= 11 is 0. The van der Waals surface area contributed by atoms with Crippen molar-refractivity contribution >= 4 is 0 Å². The topological polar surface area (TPSA) is 12.0 Å². The third-order valence-corrected chi connectivity index (χ3v) is 4.47. The smallest absolute Gasteiger partial charge is 0.00965 e. The first-order valence-corrected chi connectivity index (χ1v) is 7.46. The summed E-state index contributed by atoms with van der Waals surface area (Å²) < 4.78 is 0. The Kier molecular flexibility index (Phi) is 5.07. The van der Waals surface area contributed by atoms with Gasteiger partial charge in [-0.05, 0) is 63.8 Å². The molecule has 0 radical (unpaired) electrons. The van der Waals surface area contributed by atoms with Crippen LogP contribution in [0.1, 0.15) is 73.6 Å². The second-order valence-corrected chi connectivity index (χ2v) is 7.88. The Morgan fingerprint density at radius 1 is 1.06 bits per heavy atom. The second-order valence-electron chi connectivity index (χ2n) is 7.88. The van der Waals surface area contributed by atoms with Gasteiger partial charge in [0.1, 0.15) is 0 Å². The third-order valence-electron chi connectivity index (χ3n) is 4.47. The maximum Gasteiger partial charge on any atom is 0.00965 e. The Morgan fingerprint density at radius 2 is 1.71 bits per heavy atom. The van der Waals surface area contributed by atoms with Crippen LogP contribution in [-0.4, -0.2) is 12.1 Å².